The van der Waals surface area contributed by atoms with Gasteiger partial charge in [-0.15, -0.1) is 0 Å². The van der Waals surface area contributed by atoms with E-state index in [1.54, 1.807) is 29.4 Å². The number of imidazole rings is 1. The highest BCUT2D eigenvalue weighted by Gasteiger charge is 2.21. The lowest BCUT2D eigenvalue weighted by molar-refractivity contribution is -0.141. The van der Waals surface area contributed by atoms with Crippen LogP contribution in [0.1, 0.15) is 36.9 Å². The summed E-state index contributed by atoms with van der Waals surface area (Å²) in [6.07, 6.45) is 6.92. The fraction of sp³-hybridized carbons (Fsp3) is 0.370. The molecule has 4 rings (SSSR count). The lowest BCUT2D eigenvalue weighted by Gasteiger charge is -2.25. The molecule has 0 aliphatic carbocycles. The lowest BCUT2D eigenvalue weighted by atomic mass is 9.93. The molecule has 11 heteroatoms. The number of amides is 1. The number of halogens is 3. The van der Waals surface area contributed by atoms with Gasteiger partial charge >= 0.3 is 12.0 Å². The van der Waals surface area contributed by atoms with E-state index in [4.69, 9.17) is 39.5 Å². The number of benzene rings is 2. The third kappa shape index (κ3) is 8.36. The first-order chi connectivity index (χ1) is 18.3. The smallest absolute Gasteiger partial charge is 0.329 e. The summed E-state index contributed by atoms with van der Waals surface area (Å²) >= 11 is 18.0. The number of hydrogen-bond acceptors (Lipinski definition) is 6. The summed E-state index contributed by atoms with van der Waals surface area (Å²) < 4.78 is 11.7. The average molecular weight is 582 g/mol. The summed E-state index contributed by atoms with van der Waals surface area (Å²) in [5, 5.41) is 4.46. The summed E-state index contributed by atoms with van der Waals surface area (Å²) in [7, 11) is 1.43. The number of rotatable bonds is 8. The fourth-order valence-corrected chi connectivity index (χ4v) is 4.98. The molecule has 1 N–H and O–H groups in total. The van der Waals surface area contributed by atoms with Gasteiger partial charge in [0.15, 0.2) is 5.75 Å². The van der Waals surface area contributed by atoms with Gasteiger partial charge in [0.2, 0.25) is 0 Å². The van der Waals surface area contributed by atoms with Crippen molar-refractivity contribution in [1.29, 1.82) is 0 Å². The predicted molar refractivity (Wildman–Crippen MR) is 149 cm³/mol. The molecule has 1 atom stereocenters. The number of ether oxygens (including phenoxy) is 2. The Balaban J connectivity index is 0.000000230. The van der Waals surface area contributed by atoms with Gasteiger partial charge in [0, 0.05) is 30.0 Å². The molecule has 0 bridgehead atoms. The van der Waals surface area contributed by atoms with E-state index in [0.717, 1.165) is 19.4 Å². The molecule has 1 amide bonds. The van der Waals surface area contributed by atoms with Crippen LogP contribution in [0.15, 0.2) is 55.1 Å². The minimum atomic E-state index is -0.163. The van der Waals surface area contributed by atoms with Gasteiger partial charge in [0.05, 0.1) is 30.1 Å². The normalized spacial score (nSPS) is 14.1. The molecule has 0 radical (unpaired) electrons. The Bertz CT molecular complexity index is 1180. The molecule has 2 heterocycles. The monoisotopic (exact) mass is 580 g/mol. The molecule has 1 aliphatic heterocycles. The van der Waals surface area contributed by atoms with Crippen LogP contribution in [0, 0.1) is 0 Å². The molecule has 3 aromatic rings. The van der Waals surface area contributed by atoms with Crippen molar-refractivity contribution in [3.8, 4) is 5.75 Å². The maximum Gasteiger partial charge on any atom is 0.329 e. The van der Waals surface area contributed by atoms with Crippen molar-refractivity contribution in [1.82, 2.24) is 19.8 Å². The zero-order chi connectivity index (χ0) is 27.5. The van der Waals surface area contributed by atoms with E-state index in [-0.39, 0.29) is 24.6 Å². The van der Waals surface area contributed by atoms with Crippen LogP contribution in [0.25, 0.3) is 0 Å². The van der Waals surface area contributed by atoms with Crippen molar-refractivity contribution in [2.75, 3.05) is 33.4 Å². The topological polar surface area (TPSA) is 85.7 Å². The van der Waals surface area contributed by atoms with Gasteiger partial charge in [0.25, 0.3) is 0 Å². The van der Waals surface area contributed by atoms with Gasteiger partial charge in [-0.3, -0.25) is 9.36 Å². The van der Waals surface area contributed by atoms with Crippen LogP contribution in [0.5, 0.6) is 5.75 Å². The Morgan fingerprint density at radius 1 is 1.16 bits per heavy atom. The maximum absolute atomic E-state index is 12.3. The fourth-order valence-electron chi connectivity index (χ4n) is 4.06. The summed E-state index contributed by atoms with van der Waals surface area (Å²) in [5.41, 5.74) is 2.57. The van der Waals surface area contributed by atoms with E-state index in [2.05, 4.69) is 27.2 Å². The van der Waals surface area contributed by atoms with Gasteiger partial charge in [0.1, 0.15) is 12.9 Å². The third-order valence-electron chi connectivity index (χ3n) is 5.87. The summed E-state index contributed by atoms with van der Waals surface area (Å²) in [5.74, 6) is 0.202. The molecular formula is C27H31Cl3N4O4. The first-order valence-corrected chi connectivity index (χ1v) is 13.4. The first kappa shape index (κ1) is 29.8. The van der Waals surface area contributed by atoms with Gasteiger partial charge in [-0.25, -0.2) is 9.78 Å². The number of hydrogen-bond donors (Lipinski definition) is 1. The van der Waals surface area contributed by atoms with Gasteiger partial charge < -0.3 is 19.7 Å². The molecule has 1 aromatic heterocycles. The molecule has 1 unspecified atom stereocenters. The molecule has 2 aromatic carbocycles. The molecule has 0 saturated heterocycles. The third-order valence-corrected chi connectivity index (χ3v) is 6.65. The van der Waals surface area contributed by atoms with E-state index in [9.17, 15) is 9.59 Å². The second kappa shape index (κ2) is 15.0. The van der Waals surface area contributed by atoms with E-state index in [1.807, 2.05) is 19.1 Å². The number of nitrogens with one attached hydrogen (secondary N) is 1. The quantitative estimate of drug-likeness (QED) is 0.327. The highest BCUT2D eigenvalue weighted by Crippen LogP contribution is 2.35. The first-order valence-electron chi connectivity index (χ1n) is 12.3. The molecule has 8 nitrogen and oxygen atoms in total. The van der Waals surface area contributed by atoms with Crippen molar-refractivity contribution >= 4 is 46.8 Å². The molecule has 204 valence electrons. The predicted octanol–water partition coefficient (Wildman–Crippen LogP) is 6.04. The highest BCUT2D eigenvalue weighted by atomic mass is 35.5. The zero-order valence-electron chi connectivity index (χ0n) is 21.3. The number of carbonyl (C=O) groups is 2. The van der Waals surface area contributed by atoms with Gasteiger partial charge in [-0.2, -0.15) is 0 Å². The Hall–Kier alpha value is -2.78. The largest absolute Gasteiger partial charge is 0.489 e. The van der Waals surface area contributed by atoms with Crippen LogP contribution in [0.3, 0.4) is 0 Å². The Morgan fingerprint density at radius 2 is 1.89 bits per heavy atom. The summed E-state index contributed by atoms with van der Waals surface area (Å²) in [6.45, 7) is 4.21. The van der Waals surface area contributed by atoms with E-state index in [0.29, 0.717) is 40.3 Å². The van der Waals surface area contributed by atoms with Crippen LogP contribution < -0.4 is 10.1 Å². The number of methoxy groups -OCH3 is 1. The van der Waals surface area contributed by atoms with Crippen molar-refractivity contribution in [3.05, 3.63) is 81.3 Å². The molecular weight excluding hydrogens is 551 g/mol. The standard InChI is InChI=1S/C15H16Cl3N3O2.C12H15NO2/c1-2-4-20(15(22)21-5-3-19-10-21)6-7-23-14-12(17)8-11(16)9-13(14)18;1-15-12(14)8-11-10-5-3-2-4-9(10)6-7-13-11/h3,5,8-10H,2,4,6-7H2,1H3;2-5,11,13H,6-8H2,1H3. The number of fused-ring (bicyclic) bond motifs is 1. The van der Waals surface area contributed by atoms with E-state index >= 15 is 0 Å². The van der Waals surface area contributed by atoms with Crippen LogP contribution in [-0.4, -0.2) is 59.8 Å². The lowest BCUT2D eigenvalue weighted by Crippen LogP contribution is -2.37. The summed E-state index contributed by atoms with van der Waals surface area (Å²) in [4.78, 5) is 29.1. The van der Waals surface area contributed by atoms with Crippen molar-refractivity contribution in [2.45, 2.75) is 32.2 Å². The second-order valence-corrected chi connectivity index (χ2v) is 9.77. The molecule has 38 heavy (non-hydrogen) atoms. The van der Waals surface area contributed by atoms with Crippen LogP contribution in [0.4, 0.5) is 4.79 Å². The second-order valence-electron chi connectivity index (χ2n) is 8.52. The minimum absolute atomic E-state index is 0.113. The number of carbonyl (C=O) groups excluding carboxylic acids is 2. The minimum Gasteiger partial charge on any atom is -0.489 e. The van der Waals surface area contributed by atoms with Crippen LogP contribution in [0.2, 0.25) is 15.1 Å². The molecule has 0 spiro atoms. The van der Waals surface area contributed by atoms with E-state index in [1.165, 1.54) is 29.1 Å². The Morgan fingerprint density at radius 3 is 2.55 bits per heavy atom. The van der Waals surface area contributed by atoms with Crippen LogP contribution in [-0.2, 0) is 16.0 Å². The number of nitrogens with zero attached hydrogens (tertiary/aromatic N) is 3. The number of aromatic nitrogens is 2. The van der Waals surface area contributed by atoms with Crippen molar-refractivity contribution in [2.24, 2.45) is 0 Å². The molecule has 1 aliphatic rings. The van der Waals surface area contributed by atoms with Gasteiger partial charge in [-0.1, -0.05) is 66.0 Å². The number of esters is 1. The molecule has 0 saturated carbocycles. The van der Waals surface area contributed by atoms with Crippen LogP contribution >= 0.6 is 34.8 Å². The van der Waals surface area contributed by atoms with Crippen molar-refractivity contribution < 1.29 is 19.1 Å². The summed E-state index contributed by atoms with van der Waals surface area (Å²) in [6, 6.07) is 11.3. The van der Waals surface area contributed by atoms with Crippen molar-refractivity contribution in [3.63, 3.8) is 0 Å². The zero-order valence-corrected chi connectivity index (χ0v) is 23.6. The van der Waals surface area contributed by atoms with E-state index < -0.39 is 0 Å². The average Bonchev–Trinajstić information content (AvgIpc) is 3.45. The Labute approximate surface area is 237 Å². The maximum atomic E-state index is 12.3. The van der Waals surface area contributed by atoms with Gasteiger partial charge in [-0.05, 0) is 42.6 Å². The SMILES string of the molecule is CCCN(CCOc1c(Cl)cc(Cl)cc1Cl)C(=O)n1ccnc1.COC(=O)CC1NCCc2ccccc21. The Kier molecular flexibility index (Phi) is 11.7. The molecule has 0 fully saturated rings. The highest BCUT2D eigenvalue weighted by molar-refractivity contribution is 6.40.